The molecule has 0 bridgehead atoms. The van der Waals surface area contributed by atoms with Gasteiger partial charge >= 0.3 is 0 Å². The van der Waals surface area contributed by atoms with Crippen LogP contribution in [0.1, 0.15) is 29.6 Å². The van der Waals surface area contributed by atoms with Crippen LogP contribution < -0.4 is 26.2 Å². The molecule has 3 aromatic carbocycles. The lowest BCUT2D eigenvalue weighted by Crippen LogP contribution is -2.20. The number of rotatable bonds is 6. The topological polar surface area (TPSA) is 95.2 Å². The summed E-state index contributed by atoms with van der Waals surface area (Å²) in [4.78, 5) is 27.8. The SMILES string of the molecule is C1CCNC1.O=C(Nc1ccc(OC2CCNC2)c(-c2ccc(F)cc2)c1)c1c[nH]c(=O)c(-c2ccc(F)c(F)c2)c1. The molecule has 0 saturated carbocycles. The first-order valence-electron chi connectivity index (χ1n) is 13.8. The fourth-order valence-electron chi connectivity index (χ4n) is 4.80. The van der Waals surface area contributed by atoms with Gasteiger partial charge in [-0.2, -0.15) is 0 Å². The van der Waals surface area contributed by atoms with Gasteiger partial charge in [0.25, 0.3) is 11.5 Å². The number of aromatic amines is 1. The van der Waals surface area contributed by atoms with E-state index < -0.39 is 23.1 Å². The second kappa shape index (κ2) is 13.5. The summed E-state index contributed by atoms with van der Waals surface area (Å²) in [6.45, 7) is 4.07. The highest BCUT2D eigenvalue weighted by atomic mass is 19.2. The third kappa shape index (κ3) is 7.26. The summed E-state index contributed by atoms with van der Waals surface area (Å²) < 4.78 is 46.7. The molecule has 3 heterocycles. The molecular formula is C32H31F3N4O3. The maximum Gasteiger partial charge on any atom is 0.257 e. The summed E-state index contributed by atoms with van der Waals surface area (Å²) in [6, 6.07) is 15.5. The number of hydrogen-bond donors (Lipinski definition) is 4. The van der Waals surface area contributed by atoms with E-state index in [1.165, 1.54) is 56.4 Å². The van der Waals surface area contributed by atoms with Crippen molar-refractivity contribution >= 4 is 11.6 Å². The van der Waals surface area contributed by atoms with Crippen molar-refractivity contribution in [2.24, 2.45) is 0 Å². The standard InChI is InChI=1S/C28H22F3N3O3.C4H9N/c29-19-4-1-16(2-5-19)22-13-20(6-8-26(22)37-21-9-10-32-15-21)34-27(35)18-11-23(28(36)33-14-18)17-3-7-24(30)25(31)12-17;1-2-4-5-3-1/h1-8,11-14,21,32H,9-10,15H2,(H,33,36)(H,34,35);5H,1-4H2. The summed E-state index contributed by atoms with van der Waals surface area (Å²) in [5.74, 6) is -2.44. The Kier molecular flexibility index (Phi) is 9.35. The van der Waals surface area contributed by atoms with Gasteiger partial charge in [-0.25, -0.2) is 13.2 Å². The number of halogens is 3. The van der Waals surface area contributed by atoms with Gasteiger partial charge < -0.3 is 25.7 Å². The number of H-pyrrole nitrogens is 1. The van der Waals surface area contributed by atoms with Gasteiger partial charge in [-0.3, -0.25) is 9.59 Å². The Hall–Kier alpha value is -4.41. The fraction of sp³-hybridized carbons (Fsp3) is 0.250. The van der Waals surface area contributed by atoms with Gasteiger partial charge in [-0.05, 0) is 98.6 Å². The van der Waals surface area contributed by atoms with Crippen molar-refractivity contribution in [2.75, 3.05) is 31.5 Å². The first kappa shape index (κ1) is 29.1. The summed E-state index contributed by atoms with van der Waals surface area (Å²) >= 11 is 0. The van der Waals surface area contributed by atoms with Crippen LogP contribution in [0, 0.1) is 17.5 Å². The van der Waals surface area contributed by atoms with E-state index in [1.54, 1.807) is 30.3 Å². The Morgan fingerprint density at radius 3 is 2.24 bits per heavy atom. The highest BCUT2D eigenvalue weighted by Crippen LogP contribution is 2.34. The lowest BCUT2D eigenvalue weighted by Gasteiger charge is -2.18. The van der Waals surface area contributed by atoms with Crippen molar-refractivity contribution in [2.45, 2.75) is 25.4 Å². The smallest absolute Gasteiger partial charge is 0.257 e. The van der Waals surface area contributed by atoms with E-state index in [9.17, 15) is 22.8 Å². The quantitative estimate of drug-likeness (QED) is 0.244. The lowest BCUT2D eigenvalue weighted by molar-refractivity contribution is 0.102. The number of ether oxygens (including phenoxy) is 1. The number of carbonyl (C=O) groups excluding carboxylic acids is 1. The highest BCUT2D eigenvalue weighted by molar-refractivity contribution is 6.05. The van der Waals surface area contributed by atoms with Crippen LogP contribution in [0.5, 0.6) is 5.75 Å². The monoisotopic (exact) mass is 576 g/mol. The van der Waals surface area contributed by atoms with Crippen LogP contribution in [0.15, 0.2) is 77.7 Å². The number of amides is 1. The van der Waals surface area contributed by atoms with E-state index in [1.807, 2.05) is 0 Å². The summed E-state index contributed by atoms with van der Waals surface area (Å²) in [7, 11) is 0. The van der Waals surface area contributed by atoms with Crippen LogP contribution in [0.4, 0.5) is 18.9 Å². The fourth-order valence-corrected chi connectivity index (χ4v) is 4.80. The largest absolute Gasteiger partial charge is 0.488 e. The van der Waals surface area contributed by atoms with E-state index in [0.29, 0.717) is 29.1 Å². The minimum Gasteiger partial charge on any atom is -0.488 e. The molecule has 7 nitrogen and oxygen atoms in total. The maximum absolute atomic E-state index is 13.7. The van der Waals surface area contributed by atoms with Crippen LogP contribution in [-0.2, 0) is 0 Å². The van der Waals surface area contributed by atoms with E-state index in [2.05, 4.69) is 20.9 Å². The molecule has 1 aromatic heterocycles. The molecule has 1 unspecified atom stereocenters. The Morgan fingerprint density at radius 1 is 0.810 bits per heavy atom. The molecule has 2 fully saturated rings. The van der Waals surface area contributed by atoms with Crippen LogP contribution in [0.25, 0.3) is 22.3 Å². The van der Waals surface area contributed by atoms with Crippen molar-refractivity contribution < 1.29 is 22.7 Å². The third-order valence-corrected chi connectivity index (χ3v) is 7.05. The van der Waals surface area contributed by atoms with Crippen molar-refractivity contribution in [1.29, 1.82) is 0 Å². The minimum absolute atomic E-state index is 0.00417. The molecule has 218 valence electrons. The number of pyridine rings is 1. The molecule has 42 heavy (non-hydrogen) atoms. The van der Waals surface area contributed by atoms with Crippen molar-refractivity contribution in [3.8, 4) is 28.0 Å². The molecule has 2 aliphatic rings. The molecule has 4 aromatic rings. The number of benzene rings is 3. The van der Waals surface area contributed by atoms with Crippen LogP contribution >= 0.6 is 0 Å². The average molecular weight is 577 g/mol. The zero-order chi connectivity index (χ0) is 29.5. The molecular weight excluding hydrogens is 545 g/mol. The van der Waals surface area contributed by atoms with Gasteiger partial charge in [0.2, 0.25) is 0 Å². The number of hydrogen-bond acceptors (Lipinski definition) is 5. The molecule has 10 heteroatoms. The third-order valence-electron chi connectivity index (χ3n) is 7.05. The van der Waals surface area contributed by atoms with Crippen LogP contribution in [-0.4, -0.2) is 43.2 Å². The van der Waals surface area contributed by atoms with Crippen molar-refractivity contribution in [3.05, 3.63) is 106 Å². The van der Waals surface area contributed by atoms with Crippen molar-refractivity contribution in [1.82, 2.24) is 15.6 Å². The first-order chi connectivity index (χ1) is 20.4. The molecule has 6 rings (SSSR count). The number of anilines is 1. The second-order valence-corrected chi connectivity index (χ2v) is 10.1. The second-order valence-electron chi connectivity index (χ2n) is 10.1. The minimum atomic E-state index is -1.10. The molecule has 0 aliphatic carbocycles. The Morgan fingerprint density at radius 2 is 1.57 bits per heavy atom. The number of carbonyl (C=O) groups is 1. The van der Waals surface area contributed by atoms with Gasteiger partial charge in [0, 0.05) is 29.6 Å². The van der Waals surface area contributed by atoms with E-state index in [0.717, 1.165) is 25.1 Å². The van der Waals surface area contributed by atoms with Crippen molar-refractivity contribution in [3.63, 3.8) is 0 Å². The number of aromatic nitrogens is 1. The molecule has 1 amide bonds. The summed E-state index contributed by atoms with van der Waals surface area (Å²) in [6.07, 6.45) is 4.87. The zero-order valence-electron chi connectivity index (χ0n) is 22.8. The lowest BCUT2D eigenvalue weighted by atomic mass is 10.0. The van der Waals surface area contributed by atoms with Crippen LogP contribution in [0.3, 0.4) is 0 Å². The number of nitrogens with one attached hydrogen (secondary N) is 4. The Labute approximate surface area is 241 Å². The maximum atomic E-state index is 13.7. The highest BCUT2D eigenvalue weighted by Gasteiger charge is 2.19. The van der Waals surface area contributed by atoms with Gasteiger partial charge in [0.1, 0.15) is 17.7 Å². The van der Waals surface area contributed by atoms with E-state index in [4.69, 9.17) is 4.74 Å². The van der Waals surface area contributed by atoms with Gasteiger partial charge in [0.05, 0.1) is 5.56 Å². The predicted molar refractivity (Wildman–Crippen MR) is 156 cm³/mol. The van der Waals surface area contributed by atoms with Gasteiger partial charge in [0.15, 0.2) is 11.6 Å². The molecule has 1 atom stereocenters. The molecule has 4 N–H and O–H groups in total. The van der Waals surface area contributed by atoms with E-state index >= 15 is 0 Å². The molecule has 2 saturated heterocycles. The average Bonchev–Trinajstić information content (AvgIpc) is 3.74. The predicted octanol–water partition coefficient (Wildman–Crippen LogP) is 5.49. The molecule has 0 spiro atoms. The van der Waals surface area contributed by atoms with E-state index in [-0.39, 0.29) is 28.6 Å². The normalized spacial score (nSPS) is 16.0. The van der Waals surface area contributed by atoms with Crippen LogP contribution in [0.2, 0.25) is 0 Å². The Balaban J connectivity index is 0.000000639. The van der Waals surface area contributed by atoms with Gasteiger partial charge in [-0.1, -0.05) is 18.2 Å². The first-order valence-corrected chi connectivity index (χ1v) is 13.8. The Bertz CT molecular complexity index is 1590. The molecule has 0 radical (unpaired) electrons. The summed E-state index contributed by atoms with van der Waals surface area (Å²) in [5.41, 5.74) is 1.55. The zero-order valence-corrected chi connectivity index (χ0v) is 22.8. The van der Waals surface area contributed by atoms with Gasteiger partial charge in [-0.15, -0.1) is 0 Å². The summed E-state index contributed by atoms with van der Waals surface area (Å²) in [5, 5.41) is 9.25. The molecule has 2 aliphatic heterocycles.